The zero-order chi connectivity index (χ0) is 21.7. The number of aromatic nitrogens is 2. The number of carbonyl (C=O) groups is 2. The zero-order valence-electron chi connectivity index (χ0n) is 17.1. The number of amides is 2. The van der Waals surface area contributed by atoms with Crippen LogP contribution in [0.3, 0.4) is 0 Å². The van der Waals surface area contributed by atoms with E-state index in [1.165, 1.54) is 6.20 Å². The van der Waals surface area contributed by atoms with Crippen LogP contribution in [0.2, 0.25) is 0 Å². The van der Waals surface area contributed by atoms with Gasteiger partial charge < -0.3 is 15.7 Å². The van der Waals surface area contributed by atoms with E-state index in [1.54, 1.807) is 45.3 Å². The molecule has 3 aromatic rings. The van der Waals surface area contributed by atoms with Crippen molar-refractivity contribution in [1.29, 1.82) is 0 Å². The van der Waals surface area contributed by atoms with Crippen LogP contribution in [0.1, 0.15) is 47.0 Å². The van der Waals surface area contributed by atoms with Gasteiger partial charge in [-0.2, -0.15) is 0 Å². The molecular weight excluding hydrogens is 380 g/mol. The van der Waals surface area contributed by atoms with Crippen LogP contribution in [0, 0.1) is 12.8 Å². The topological polar surface area (TPSA) is 104 Å². The molecule has 154 valence electrons. The molecule has 0 saturated carbocycles. The predicted octanol–water partition coefficient (Wildman–Crippen LogP) is 3.71. The van der Waals surface area contributed by atoms with Gasteiger partial charge in [0.2, 0.25) is 5.91 Å². The fourth-order valence-corrected chi connectivity index (χ4v) is 2.81. The molecule has 0 saturated heterocycles. The van der Waals surface area contributed by atoms with E-state index >= 15 is 0 Å². The summed E-state index contributed by atoms with van der Waals surface area (Å²) in [6.45, 7) is 5.33. The highest BCUT2D eigenvalue weighted by atomic mass is 16.3. The van der Waals surface area contributed by atoms with Crippen molar-refractivity contribution >= 4 is 23.3 Å². The average Bonchev–Trinajstić information content (AvgIpc) is 2.75. The number of hydrogen-bond donors (Lipinski definition) is 3. The van der Waals surface area contributed by atoms with Crippen molar-refractivity contribution in [2.24, 2.45) is 5.92 Å². The smallest absolute Gasteiger partial charge is 0.256 e. The van der Waals surface area contributed by atoms with Gasteiger partial charge in [0.1, 0.15) is 11.9 Å². The molecule has 0 fully saturated rings. The van der Waals surface area contributed by atoms with Gasteiger partial charge in [-0.25, -0.2) is 4.98 Å². The van der Waals surface area contributed by atoms with Gasteiger partial charge in [-0.15, -0.1) is 0 Å². The van der Waals surface area contributed by atoms with Gasteiger partial charge in [-0.3, -0.25) is 14.6 Å². The Balaban J connectivity index is 1.79. The van der Waals surface area contributed by atoms with Crippen molar-refractivity contribution in [3.8, 4) is 0 Å². The van der Waals surface area contributed by atoms with Gasteiger partial charge in [0.15, 0.2) is 0 Å². The Kier molecular flexibility index (Phi) is 6.54. The maximum atomic E-state index is 12.8. The monoisotopic (exact) mass is 404 g/mol. The average molecular weight is 404 g/mol. The first-order valence-corrected chi connectivity index (χ1v) is 9.62. The highest BCUT2D eigenvalue weighted by Crippen LogP contribution is 2.23. The van der Waals surface area contributed by atoms with Crippen LogP contribution in [0.25, 0.3) is 0 Å². The second-order valence-electron chi connectivity index (χ2n) is 7.30. The number of pyridine rings is 2. The minimum absolute atomic E-state index is 0.176. The minimum atomic E-state index is -0.851. The molecule has 0 aliphatic rings. The maximum absolute atomic E-state index is 12.8. The molecule has 0 spiro atoms. The predicted molar refractivity (Wildman–Crippen MR) is 115 cm³/mol. The Morgan fingerprint density at radius 3 is 2.40 bits per heavy atom. The lowest BCUT2D eigenvalue weighted by Gasteiger charge is -2.14. The summed E-state index contributed by atoms with van der Waals surface area (Å²) in [5.41, 5.74) is 2.81. The third kappa shape index (κ3) is 5.07. The largest absolute Gasteiger partial charge is 0.384 e. The van der Waals surface area contributed by atoms with Crippen LogP contribution < -0.4 is 10.6 Å². The summed E-state index contributed by atoms with van der Waals surface area (Å²) < 4.78 is 0. The number of hydrogen-bond acceptors (Lipinski definition) is 5. The van der Waals surface area contributed by atoms with E-state index in [1.807, 2.05) is 30.3 Å². The molecule has 0 aliphatic carbocycles. The lowest BCUT2D eigenvalue weighted by atomic mass is 10.0. The summed E-state index contributed by atoms with van der Waals surface area (Å²) >= 11 is 0. The number of carbonyl (C=O) groups excluding carboxylic acids is 2. The van der Waals surface area contributed by atoms with Gasteiger partial charge in [0.05, 0.1) is 11.9 Å². The van der Waals surface area contributed by atoms with Crippen LogP contribution >= 0.6 is 0 Å². The molecule has 0 bridgehead atoms. The number of nitrogens with zero attached hydrogens (tertiary/aromatic N) is 2. The number of aliphatic hydroxyl groups excluding tert-OH is 1. The standard InChI is InChI=1S/C23H24N4O3/c1-14(2)22(29)27-20-10-19(15(3)11-25-20)23(30)26-18-9-17(12-24-13-18)21(28)16-7-5-4-6-8-16/h4-14,21,28H,1-3H3,(H,26,30)(H,25,27,29). The second-order valence-corrected chi connectivity index (χ2v) is 7.30. The Labute approximate surface area is 175 Å². The van der Waals surface area contributed by atoms with Gasteiger partial charge in [0, 0.05) is 29.4 Å². The second kappa shape index (κ2) is 9.28. The number of aryl methyl sites for hydroxylation is 1. The lowest BCUT2D eigenvalue weighted by molar-refractivity contribution is -0.118. The number of anilines is 2. The first kappa shape index (κ1) is 21.1. The molecule has 1 aromatic carbocycles. The summed E-state index contributed by atoms with van der Waals surface area (Å²) in [5.74, 6) is -0.418. The molecule has 1 unspecified atom stereocenters. The van der Waals surface area contributed by atoms with Crippen LogP contribution in [-0.4, -0.2) is 26.9 Å². The lowest BCUT2D eigenvalue weighted by Crippen LogP contribution is -2.20. The molecule has 1 atom stereocenters. The summed E-state index contributed by atoms with van der Waals surface area (Å²) in [7, 11) is 0. The van der Waals surface area contributed by atoms with Crippen LogP contribution in [0.5, 0.6) is 0 Å². The number of benzene rings is 1. The molecule has 0 aliphatic heterocycles. The summed E-state index contributed by atoms with van der Waals surface area (Å²) in [5, 5.41) is 16.1. The molecule has 7 heteroatoms. The van der Waals surface area contributed by atoms with E-state index in [4.69, 9.17) is 0 Å². The molecule has 30 heavy (non-hydrogen) atoms. The van der Waals surface area contributed by atoms with Crippen LogP contribution in [0.4, 0.5) is 11.5 Å². The molecule has 3 N–H and O–H groups in total. The summed E-state index contributed by atoms with van der Waals surface area (Å²) in [4.78, 5) is 33.0. The van der Waals surface area contributed by atoms with Crippen LogP contribution in [-0.2, 0) is 4.79 Å². The van der Waals surface area contributed by atoms with Gasteiger partial charge in [0.25, 0.3) is 5.91 Å². The normalized spacial score (nSPS) is 11.8. The minimum Gasteiger partial charge on any atom is -0.384 e. The Hall–Kier alpha value is -3.58. The summed E-state index contributed by atoms with van der Waals surface area (Å²) in [6.07, 6.45) is 3.76. The van der Waals surface area contributed by atoms with E-state index < -0.39 is 6.10 Å². The number of nitrogens with one attached hydrogen (secondary N) is 2. The third-order valence-electron chi connectivity index (χ3n) is 4.57. The fourth-order valence-electron chi connectivity index (χ4n) is 2.81. The first-order chi connectivity index (χ1) is 14.3. The van der Waals surface area contributed by atoms with Gasteiger partial charge >= 0.3 is 0 Å². The highest BCUT2D eigenvalue weighted by molar-refractivity contribution is 6.06. The SMILES string of the molecule is Cc1cnc(NC(=O)C(C)C)cc1C(=O)Nc1cncc(C(O)c2ccccc2)c1. The molecule has 2 heterocycles. The molecule has 3 rings (SSSR count). The van der Waals surface area contributed by atoms with E-state index in [-0.39, 0.29) is 17.7 Å². The molecule has 2 amide bonds. The van der Waals surface area contributed by atoms with Crippen molar-refractivity contribution in [3.63, 3.8) is 0 Å². The van der Waals surface area contributed by atoms with E-state index in [0.29, 0.717) is 28.2 Å². The van der Waals surface area contributed by atoms with Crippen LogP contribution in [0.15, 0.2) is 61.1 Å². The first-order valence-electron chi connectivity index (χ1n) is 9.62. The Morgan fingerprint density at radius 2 is 1.70 bits per heavy atom. The zero-order valence-corrected chi connectivity index (χ0v) is 17.1. The van der Waals surface area contributed by atoms with Crippen molar-refractivity contribution in [1.82, 2.24) is 9.97 Å². The number of rotatable bonds is 6. The van der Waals surface area contributed by atoms with Gasteiger partial charge in [-0.1, -0.05) is 44.2 Å². The van der Waals surface area contributed by atoms with Crippen molar-refractivity contribution < 1.29 is 14.7 Å². The Morgan fingerprint density at radius 1 is 0.967 bits per heavy atom. The quantitative estimate of drug-likeness (QED) is 0.581. The molecule has 0 radical (unpaired) electrons. The Bertz CT molecular complexity index is 1050. The van der Waals surface area contributed by atoms with E-state index in [9.17, 15) is 14.7 Å². The highest BCUT2D eigenvalue weighted by Gasteiger charge is 2.16. The van der Waals surface area contributed by atoms with Crippen molar-refractivity contribution in [3.05, 3.63) is 83.3 Å². The fraction of sp³-hybridized carbons (Fsp3) is 0.217. The molecular formula is C23H24N4O3. The maximum Gasteiger partial charge on any atom is 0.256 e. The third-order valence-corrected chi connectivity index (χ3v) is 4.57. The summed E-state index contributed by atoms with van der Waals surface area (Å²) in [6, 6.07) is 12.4. The molecule has 7 nitrogen and oxygen atoms in total. The molecule has 2 aromatic heterocycles. The van der Waals surface area contributed by atoms with E-state index in [2.05, 4.69) is 20.6 Å². The van der Waals surface area contributed by atoms with Crippen molar-refractivity contribution in [2.45, 2.75) is 26.9 Å². The van der Waals surface area contributed by atoms with E-state index in [0.717, 1.165) is 5.56 Å². The van der Waals surface area contributed by atoms with Crippen molar-refractivity contribution in [2.75, 3.05) is 10.6 Å². The number of aliphatic hydroxyl groups is 1. The van der Waals surface area contributed by atoms with Gasteiger partial charge in [-0.05, 0) is 30.2 Å².